The smallest absolute Gasteiger partial charge is 0.309 e. The maximum atomic E-state index is 13.9. The molecule has 0 aromatic carbocycles. The lowest BCUT2D eigenvalue weighted by Gasteiger charge is -2.72. The summed E-state index contributed by atoms with van der Waals surface area (Å²) in [5, 5.41) is 13.3. The molecular formula is C41H65NO6. The molecule has 5 aliphatic carbocycles. The van der Waals surface area contributed by atoms with Gasteiger partial charge in [0.15, 0.2) is 5.78 Å². The van der Waals surface area contributed by atoms with E-state index in [0.29, 0.717) is 35.9 Å². The lowest BCUT2D eigenvalue weighted by atomic mass is 9.33. The first-order valence-electron chi connectivity index (χ1n) is 19.3. The van der Waals surface area contributed by atoms with E-state index < -0.39 is 17.4 Å². The normalized spacial score (nSPS) is 40.8. The van der Waals surface area contributed by atoms with Crippen molar-refractivity contribution in [1.82, 2.24) is 5.32 Å². The minimum Gasteiger partial charge on any atom is -0.481 e. The summed E-state index contributed by atoms with van der Waals surface area (Å²) in [5.74, 6) is 1.40. The molecule has 8 atom stereocenters. The van der Waals surface area contributed by atoms with Crippen LogP contribution in [0.2, 0.25) is 0 Å². The number of hydrogen-bond donors (Lipinski definition) is 2. The van der Waals surface area contributed by atoms with Crippen molar-refractivity contribution < 1.29 is 29.0 Å². The molecule has 270 valence electrons. The Kier molecular flexibility index (Phi) is 9.17. The molecule has 0 aromatic rings. The number of esters is 1. The Morgan fingerprint density at radius 2 is 1.67 bits per heavy atom. The zero-order valence-corrected chi connectivity index (χ0v) is 31.6. The van der Waals surface area contributed by atoms with Gasteiger partial charge in [0.2, 0.25) is 0 Å². The van der Waals surface area contributed by atoms with E-state index in [9.17, 15) is 19.5 Å². The monoisotopic (exact) mass is 667 g/mol. The van der Waals surface area contributed by atoms with Crippen LogP contribution in [0.4, 0.5) is 0 Å². The van der Waals surface area contributed by atoms with Crippen molar-refractivity contribution in [2.24, 2.45) is 62.1 Å². The van der Waals surface area contributed by atoms with Gasteiger partial charge in [0.05, 0.1) is 25.0 Å². The highest BCUT2D eigenvalue weighted by Gasteiger charge is 2.70. The molecule has 7 heteroatoms. The van der Waals surface area contributed by atoms with Gasteiger partial charge in [-0.2, -0.15) is 0 Å². The number of carbonyl (C=O) groups is 3. The van der Waals surface area contributed by atoms with Crippen LogP contribution >= 0.6 is 0 Å². The van der Waals surface area contributed by atoms with Crippen molar-refractivity contribution in [1.29, 1.82) is 0 Å². The molecule has 0 bridgehead atoms. The Bertz CT molecular complexity index is 1340. The molecule has 0 aromatic heterocycles. The first-order chi connectivity index (χ1) is 22.3. The van der Waals surface area contributed by atoms with Gasteiger partial charge in [0.25, 0.3) is 0 Å². The summed E-state index contributed by atoms with van der Waals surface area (Å²) >= 11 is 0. The number of aliphatic carboxylic acids is 1. The van der Waals surface area contributed by atoms with E-state index in [-0.39, 0.29) is 45.5 Å². The van der Waals surface area contributed by atoms with Crippen molar-refractivity contribution in [3.05, 3.63) is 11.1 Å². The Morgan fingerprint density at radius 1 is 0.958 bits per heavy atom. The second-order valence-corrected chi connectivity index (χ2v) is 19.5. The maximum Gasteiger partial charge on any atom is 0.309 e. The number of ether oxygens (including phenoxy) is 2. The largest absolute Gasteiger partial charge is 0.481 e. The number of fused-ring (bicyclic) bond motifs is 7. The van der Waals surface area contributed by atoms with Crippen LogP contribution < -0.4 is 5.32 Å². The third-order valence-corrected chi connectivity index (χ3v) is 15.9. The second kappa shape index (κ2) is 12.2. The molecule has 0 radical (unpaired) electrons. The van der Waals surface area contributed by atoms with E-state index in [2.05, 4.69) is 53.8 Å². The topological polar surface area (TPSA) is 102 Å². The summed E-state index contributed by atoms with van der Waals surface area (Å²) in [6, 6.07) is 0. The number of hydrogen-bond acceptors (Lipinski definition) is 6. The number of carboxylic acid groups (broad SMARTS) is 1. The highest BCUT2D eigenvalue weighted by molar-refractivity contribution is 6.00. The van der Waals surface area contributed by atoms with Gasteiger partial charge < -0.3 is 19.9 Å². The predicted molar refractivity (Wildman–Crippen MR) is 187 cm³/mol. The number of allylic oxidation sites excluding steroid dienone is 2. The predicted octanol–water partition coefficient (Wildman–Crippen LogP) is 8.01. The molecule has 1 heterocycles. The number of rotatable bonds is 10. The lowest BCUT2D eigenvalue weighted by Crippen LogP contribution is -2.65. The zero-order chi connectivity index (χ0) is 35.1. The van der Waals surface area contributed by atoms with Gasteiger partial charge in [-0.05, 0) is 124 Å². The fraction of sp³-hybridized carbons (Fsp3) is 0.878. The molecule has 2 N–H and O–H groups in total. The van der Waals surface area contributed by atoms with Gasteiger partial charge in [0, 0.05) is 29.7 Å². The van der Waals surface area contributed by atoms with Crippen LogP contribution in [0.15, 0.2) is 11.1 Å². The maximum absolute atomic E-state index is 13.9. The molecule has 6 aliphatic rings. The quantitative estimate of drug-likeness (QED) is 0.180. The third kappa shape index (κ3) is 5.45. The lowest BCUT2D eigenvalue weighted by molar-refractivity contribution is -0.233. The van der Waals surface area contributed by atoms with Crippen molar-refractivity contribution in [2.75, 3.05) is 26.3 Å². The molecule has 48 heavy (non-hydrogen) atoms. The highest BCUT2D eigenvalue weighted by atomic mass is 16.5. The molecule has 5 fully saturated rings. The molecule has 0 amide bonds. The minimum absolute atomic E-state index is 0.00735. The third-order valence-electron chi connectivity index (χ3n) is 15.9. The Morgan fingerprint density at radius 3 is 2.29 bits per heavy atom. The average molecular weight is 668 g/mol. The summed E-state index contributed by atoms with van der Waals surface area (Å²) < 4.78 is 11.6. The van der Waals surface area contributed by atoms with Gasteiger partial charge in [-0.1, -0.05) is 54.0 Å². The Hall–Kier alpha value is -1.73. The van der Waals surface area contributed by atoms with Gasteiger partial charge in [-0.3, -0.25) is 14.4 Å². The SMILES string of the molecule is CC(C)C1=C2C3CCC4C5(C)CCC(OC(=O)CC(C)(C)C(=O)O)C(C)(C)C5CCC4(C)C3(C)CCC2(CCNCC2COC2)CC1=O. The summed E-state index contributed by atoms with van der Waals surface area (Å²) in [4.78, 5) is 38.7. The van der Waals surface area contributed by atoms with E-state index in [1.807, 2.05) is 0 Å². The van der Waals surface area contributed by atoms with Crippen LogP contribution in [0, 0.1) is 62.1 Å². The van der Waals surface area contributed by atoms with Crippen molar-refractivity contribution in [3.63, 3.8) is 0 Å². The van der Waals surface area contributed by atoms with Crippen LogP contribution in [0.25, 0.3) is 0 Å². The van der Waals surface area contributed by atoms with E-state index in [4.69, 9.17) is 9.47 Å². The number of nitrogens with one attached hydrogen (secondary N) is 1. The molecular weight excluding hydrogens is 602 g/mol. The van der Waals surface area contributed by atoms with E-state index in [1.54, 1.807) is 19.4 Å². The van der Waals surface area contributed by atoms with Gasteiger partial charge in [0.1, 0.15) is 6.10 Å². The van der Waals surface area contributed by atoms with Crippen LogP contribution in [-0.4, -0.2) is 55.2 Å². The number of carboxylic acids is 1. The molecule has 7 nitrogen and oxygen atoms in total. The fourth-order valence-electron chi connectivity index (χ4n) is 12.9. The molecule has 1 saturated heterocycles. The zero-order valence-electron chi connectivity index (χ0n) is 31.6. The first kappa shape index (κ1) is 36.1. The molecule has 0 spiro atoms. The first-order valence-corrected chi connectivity index (χ1v) is 19.3. The van der Waals surface area contributed by atoms with Crippen LogP contribution in [0.3, 0.4) is 0 Å². The number of Topliss-reactive ketones (excluding diaryl/α,β-unsaturated/α-hetero) is 1. The van der Waals surface area contributed by atoms with Gasteiger partial charge >= 0.3 is 11.9 Å². The van der Waals surface area contributed by atoms with Crippen LogP contribution in [-0.2, 0) is 23.9 Å². The fourth-order valence-corrected chi connectivity index (χ4v) is 12.9. The van der Waals surface area contributed by atoms with Crippen molar-refractivity contribution >= 4 is 17.7 Å². The summed E-state index contributed by atoms with van der Waals surface area (Å²) in [6.07, 6.45) is 10.2. The van der Waals surface area contributed by atoms with Crippen LogP contribution in [0.1, 0.15) is 133 Å². The Labute approximate surface area is 290 Å². The van der Waals surface area contributed by atoms with Crippen LogP contribution in [0.5, 0.6) is 0 Å². The van der Waals surface area contributed by atoms with E-state index in [0.717, 1.165) is 71.2 Å². The number of ketones is 1. The molecule has 8 unspecified atom stereocenters. The average Bonchev–Trinajstić information content (AvgIpc) is 3.25. The van der Waals surface area contributed by atoms with Gasteiger partial charge in [-0.25, -0.2) is 0 Å². The highest BCUT2D eigenvalue weighted by Crippen LogP contribution is 2.77. The van der Waals surface area contributed by atoms with Gasteiger partial charge in [-0.15, -0.1) is 0 Å². The summed E-state index contributed by atoms with van der Waals surface area (Å²) in [6.45, 7) is 23.8. The van der Waals surface area contributed by atoms with Crippen molar-refractivity contribution in [2.45, 2.75) is 139 Å². The standard InChI is InChI=1S/C41H65NO6/c1-25(2)33-28(43)20-41(18-19-42-22-26-23-47-24-26)17-16-39(8)27(34(33)41)10-11-30-38(7)14-13-31(48-32(44)21-36(3,4)35(45)46)37(5,6)29(38)12-15-40(30,39)9/h25-27,29-31,42H,10-24H2,1-9H3,(H,45,46). The number of carbonyl (C=O) groups excluding carboxylic acids is 2. The molecule has 1 aliphatic heterocycles. The van der Waals surface area contributed by atoms with Crippen molar-refractivity contribution in [3.8, 4) is 0 Å². The molecule has 6 rings (SSSR count). The molecule has 4 saturated carbocycles. The summed E-state index contributed by atoms with van der Waals surface area (Å²) in [5.41, 5.74) is 1.86. The minimum atomic E-state index is -1.14. The second-order valence-electron chi connectivity index (χ2n) is 19.5. The summed E-state index contributed by atoms with van der Waals surface area (Å²) in [7, 11) is 0. The Balaban J connectivity index is 1.25. The van der Waals surface area contributed by atoms with E-state index >= 15 is 0 Å². The van der Waals surface area contributed by atoms with E-state index in [1.165, 1.54) is 18.4 Å².